The fraction of sp³-hybridized carbons (Fsp3) is 0.500. The topological polar surface area (TPSA) is 41.5 Å². The SMILES string of the molecule is O[C@H]1CCNC[C@H]1COc1ccccc1F. The Balaban J connectivity index is 1.89. The van der Waals surface area contributed by atoms with Crippen molar-refractivity contribution in [2.45, 2.75) is 12.5 Å². The molecule has 0 saturated carbocycles. The number of hydrogen-bond donors (Lipinski definition) is 2. The molecule has 3 nitrogen and oxygen atoms in total. The molecule has 88 valence electrons. The molecule has 1 aromatic carbocycles. The molecule has 0 bridgehead atoms. The van der Waals surface area contributed by atoms with Crippen LogP contribution in [0.1, 0.15) is 6.42 Å². The second kappa shape index (κ2) is 5.27. The molecule has 16 heavy (non-hydrogen) atoms. The molecule has 4 heteroatoms. The standard InChI is InChI=1S/C12H16FNO2/c13-10-3-1-2-4-12(10)16-8-9-7-14-6-5-11(9)15/h1-4,9,11,14-15H,5-8H2/t9-,11-/m0/s1. The van der Waals surface area contributed by atoms with E-state index in [1.165, 1.54) is 6.07 Å². The highest BCUT2D eigenvalue weighted by atomic mass is 19.1. The highest BCUT2D eigenvalue weighted by Crippen LogP contribution is 2.18. The third-order valence-electron chi connectivity index (χ3n) is 2.86. The van der Waals surface area contributed by atoms with Crippen molar-refractivity contribution in [3.8, 4) is 5.75 Å². The quantitative estimate of drug-likeness (QED) is 0.811. The van der Waals surface area contributed by atoms with Gasteiger partial charge in [-0.2, -0.15) is 0 Å². The Morgan fingerprint density at radius 2 is 2.25 bits per heavy atom. The zero-order valence-corrected chi connectivity index (χ0v) is 9.03. The van der Waals surface area contributed by atoms with E-state index in [0.29, 0.717) is 6.61 Å². The van der Waals surface area contributed by atoms with E-state index in [9.17, 15) is 9.50 Å². The minimum atomic E-state index is -0.360. The number of para-hydroxylation sites is 1. The average molecular weight is 225 g/mol. The van der Waals surface area contributed by atoms with Crippen molar-refractivity contribution >= 4 is 0 Å². The zero-order valence-electron chi connectivity index (χ0n) is 9.03. The first-order valence-corrected chi connectivity index (χ1v) is 5.53. The fourth-order valence-electron chi connectivity index (χ4n) is 1.84. The molecule has 1 saturated heterocycles. The van der Waals surface area contributed by atoms with Crippen LogP contribution >= 0.6 is 0 Å². The Morgan fingerprint density at radius 1 is 1.44 bits per heavy atom. The molecule has 0 amide bonds. The summed E-state index contributed by atoms with van der Waals surface area (Å²) in [5.74, 6) is -0.0746. The molecule has 2 atom stereocenters. The van der Waals surface area contributed by atoms with Gasteiger partial charge in [0.25, 0.3) is 0 Å². The van der Waals surface area contributed by atoms with Crippen LogP contribution in [0.3, 0.4) is 0 Å². The van der Waals surface area contributed by atoms with Gasteiger partial charge in [0.15, 0.2) is 11.6 Å². The van der Waals surface area contributed by atoms with E-state index in [1.807, 2.05) is 0 Å². The lowest BCUT2D eigenvalue weighted by Crippen LogP contribution is -2.42. The molecule has 1 aliphatic heterocycles. The van der Waals surface area contributed by atoms with E-state index >= 15 is 0 Å². The summed E-state index contributed by atoms with van der Waals surface area (Å²) < 4.78 is 18.6. The Hall–Kier alpha value is -1.13. The zero-order chi connectivity index (χ0) is 11.4. The first kappa shape index (κ1) is 11.4. The monoisotopic (exact) mass is 225 g/mol. The van der Waals surface area contributed by atoms with E-state index in [0.717, 1.165) is 19.5 Å². The Morgan fingerprint density at radius 3 is 3.00 bits per heavy atom. The van der Waals surface area contributed by atoms with Crippen LogP contribution in [-0.4, -0.2) is 30.9 Å². The van der Waals surface area contributed by atoms with Gasteiger partial charge in [-0.15, -0.1) is 0 Å². The Bertz CT molecular complexity index is 346. The maximum absolute atomic E-state index is 13.2. The van der Waals surface area contributed by atoms with E-state index in [4.69, 9.17) is 4.74 Å². The first-order chi connectivity index (χ1) is 7.77. The highest BCUT2D eigenvalue weighted by Gasteiger charge is 2.23. The number of rotatable bonds is 3. The molecule has 1 aliphatic rings. The summed E-state index contributed by atoms with van der Waals surface area (Å²) in [7, 11) is 0. The Labute approximate surface area is 94.2 Å². The van der Waals surface area contributed by atoms with Crippen molar-refractivity contribution < 1.29 is 14.2 Å². The number of ether oxygens (including phenoxy) is 1. The van der Waals surface area contributed by atoms with Crippen molar-refractivity contribution in [1.29, 1.82) is 0 Å². The van der Waals surface area contributed by atoms with Gasteiger partial charge in [0.05, 0.1) is 12.7 Å². The molecular weight excluding hydrogens is 209 g/mol. The first-order valence-electron chi connectivity index (χ1n) is 5.53. The summed E-state index contributed by atoms with van der Waals surface area (Å²) in [6.45, 7) is 1.89. The number of aliphatic hydroxyl groups excluding tert-OH is 1. The number of aliphatic hydroxyl groups is 1. The minimum Gasteiger partial charge on any atom is -0.490 e. The van der Waals surface area contributed by atoms with Gasteiger partial charge in [-0.25, -0.2) is 4.39 Å². The van der Waals surface area contributed by atoms with Crippen LogP contribution in [0.4, 0.5) is 4.39 Å². The molecule has 1 aromatic rings. The van der Waals surface area contributed by atoms with E-state index in [-0.39, 0.29) is 23.6 Å². The molecule has 0 spiro atoms. The predicted molar refractivity (Wildman–Crippen MR) is 58.9 cm³/mol. The van der Waals surface area contributed by atoms with Crippen molar-refractivity contribution in [3.05, 3.63) is 30.1 Å². The number of benzene rings is 1. The van der Waals surface area contributed by atoms with Gasteiger partial charge in [-0.05, 0) is 25.1 Å². The van der Waals surface area contributed by atoms with Gasteiger partial charge in [0.2, 0.25) is 0 Å². The molecule has 2 N–H and O–H groups in total. The van der Waals surface area contributed by atoms with Gasteiger partial charge in [-0.3, -0.25) is 0 Å². The Kier molecular flexibility index (Phi) is 3.74. The maximum atomic E-state index is 13.2. The highest BCUT2D eigenvalue weighted by molar-refractivity contribution is 5.23. The van der Waals surface area contributed by atoms with Crippen molar-refractivity contribution in [1.82, 2.24) is 5.32 Å². The summed E-state index contributed by atoms with van der Waals surface area (Å²) >= 11 is 0. The van der Waals surface area contributed by atoms with Crippen molar-refractivity contribution in [2.75, 3.05) is 19.7 Å². The number of nitrogens with one attached hydrogen (secondary N) is 1. The third kappa shape index (κ3) is 2.71. The van der Waals surface area contributed by atoms with Crippen LogP contribution in [0.5, 0.6) is 5.75 Å². The second-order valence-corrected chi connectivity index (χ2v) is 4.06. The normalized spacial score (nSPS) is 25.4. The lowest BCUT2D eigenvalue weighted by atomic mass is 9.97. The molecule has 1 heterocycles. The average Bonchev–Trinajstić information content (AvgIpc) is 2.30. The minimum absolute atomic E-state index is 0.0355. The molecule has 2 rings (SSSR count). The van der Waals surface area contributed by atoms with E-state index < -0.39 is 0 Å². The van der Waals surface area contributed by atoms with Crippen LogP contribution in [0.15, 0.2) is 24.3 Å². The lowest BCUT2D eigenvalue weighted by molar-refractivity contribution is 0.0501. The summed E-state index contributed by atoms with van der Waals surface area (Å²) in [6, 6.07) is 6.32. The van der Waals surface area contributed by atoms with Gasteiger partial charge >= 0.3 is 0 Å². The van der Waals surface area contributed by atoms with Crippen molar-refractivity contribution in [3.63, 3.8) is 0 Å². The summed E-state index contributed by atoms with van der Waals surface area (Å²) in [6.07, 6.45) is 0.374. The summed E-state index contributed by atoms with van der Waals surface area (Å²) in [5, 5.41) is 12.9. The van der Waals surface area contributed by atoms with E-state index in [1.54, 1.807) is 18.2 Å². The summed E-state index contributed by atoms with van der Waals surface area (Å²) in [5.41, 5.74) is 0. The molecule has 1 fully saturated rings. The van der Waals surface area contributed by atoms with Gasteiger partial charge < -0.3 is 15.2 Å². The molecule has 0 unspecified atom stereocenters. The third-order valence-corrected chi connectivity index (χ3v) is 2.86. The fourth-order valence-corrected chi connectivity index (χ4v) is 1.84. The van der Waals surface area contributed by atoms with Gasteiger partial charge in [0.1, 0.15) is 0 Å². The smallest absolute Gasteiger partial charge is 0.165 e. The molecular formula is C12H16FNO2. The van der Waals surface area contributed by atoms with Gasteiger partial charge in [0, 0.05) is 12.5 Å². The molecule has 0 radical (unpaired) electrons. The lowest BCUT2D eigenvalue weighted by Gasteiger charge is -2.28. The van der Waals surface area contributed by atoms with Crippen molar-refractivity contribution in [2.24, 2.45) is 5.92 Å². The van der Waals surface area contributed by atoms with Gasteiger partial charge in [-0.1, -0.05) is 12.1 Å². The largest absolute Gasteiger partial charge is 0.490 e. The maximum Gasteiger partial charge on any atom is 0.165 e. The van der Waals surface area contributed by atoms with Crippen LogP contribution < -0.4 is 10.1 Å². The summed E-state index contributed by atoms with van der Waals surface area (Å²) in [4.78, 5) is 0. The number of halogens is 1. The predicted octanol–water partition coefficient (Wildman–Crippen LogP) is 1.17. The second-order valence-electron chi connectivity index (χ2n) is 4.06. The molecule has 0 aliphatic carbocycles. The number of piperidine rings is 1. The molecule has 0 aromatic heterocycles. The van der Waals surface area contributed by atoms with Crippen LogP contribution in [0.25, 0.3) is 0 Å². The van der Waals surface area contributed by atoms with E-state index in [2.05, 4.69) is 5.32 Å². The number of hydrogen-bond acceptors (Lipinski definition) is 3. The van der Waals surface area contributed by atoms with Crippen LogP contribution in [-0.2, 0) is 0 Å². The van der Waals surface area contributed by atoms with Crippen LogP contribution in [0, 0.1) is 11.7 Å². The van der Waals surface area contributed by atoms with Crippen LogP contribution in [0.2, 0.25) is 0 Å².